The molecule has 0 saturated heterocycles. The lowest BCUT2D eigenvalue weighted by molar-refractivity contribution is 0.456. The Morgan fingerprint density at radius 2 is 1.14 bits per heavy atom. The number of benzene rings is 3. The summed E-state index contributed by atoms with van der Waals surface area (Å²) in [5, 5.41) is 10.4. The highest BCUT2D eigenvalue weighted by atomic mass is 79.9. The standard InChI is InChI=1S/C20H16Br2O5S2/c1-2-13-11-18(23)20(29(26,27)17-9-5-15(22)6-10-17)12-19(13)28(24,25)16-7-3-14(21)4-8-16/h3-12,23H,2H2,1H3. The summed E-state index contributed by atoms with van der Waals surface area (Å²) in [7, 11) is -8.12. The van der Waals surface area contributed by atoms with Gasteiger partial charge >= 0.3 is 0 Å². The first-order valence-corrected chi connectivity index (χ1v) is 13.0. The lowest BCUT2D eigenvalue weighted by Crippen LogP contribution is -2.09. The third-order valence-electron chi connectivity index (χ3n) is 4.35. The van der Waals surface area contributed by atoms with Gasteiger partial charge in [-0.1, -0.05) is 38.8 Å². The van der Waals surface area contributed by atoms with Gasteiger partial charge in [-0.15, -0.1) is 0 Å². The maximum atomic E-state index is 13.2. The minimum atomic E-state index is -4.13. The van der Waals surface area contributed by atoms with E-state index in [0.717, 1.165) is 10.5 Å². The number of phenols is 1. The molecule has 3 aromatic carbocycles. The van der Waals surface area contributed by atoms with E-state index in [0.29, 0.717) is 16.5 Å². The normalized spacial score (nSPS) is 12.1. The van der Waals surface area contributed by atoms with Gasteiger partial charge in [0.25, 0.3) is 0 Å². The average Bonchev–Trinajstić information content (AvgIpc) is 2.68. The van der Waals surface area contributed by atoms with Gasteiger partial charge < -0.3 is 5.11 Å². The first-order chi connectivity index (χ1) is 13.6. The minimum Gasteiger partial charge on any atom is -0.507 e. The molecule has 152 valence electrons. The van der Waals surface area contributed by atoms with Crippen molar-refractivity contribution in [2.24, 2.45) is 0 Å². The maximum absolute atomic E-state index is 13.2. The van der Waals surface area contributed by atoms with Gasteiger partial charge in [0.1, 0.15) is 10.6 Å². The average molecular weight is 560 g/mol. The largest absolute Gasteiger partial charge is 0.507 e. The second-order valence-corrected chi connectivity index (χ2v) is 11.9. The zero-order valence-corrected chi connectivity index (χ0v) is 19.9. The van der Waals surface area contributed by atoms with E-state index in [9.17, 15) is 21.9 Å². The first-order valence-electron chi connectivity index (χ1n) is 8.44. The highest BCUT2D eigenvalue weighted by Crippen LogP contribution is 2.36. The summed E-state index contributed by atoms with van der Waals surface area (Å²) in [6.07, 6.45) is 0.303. The second-order valence-electron chi connectivity index (χ2n) is 6.20. The Bertz CT molecular complexity index is 1270. The molecule has 0 heterocycles. The highest BCUT2D eigenvalue weighted by Gasteiger charge is 2.28. The number of halogens is 2. The molecule has 0 amide bonds. The van der Waals surface area contributed by atoms with Gasteiger partial charge in [-0.25, -0.2) is 16.8 Å². The van der Waals surface area contributed by atoms with Gasteiger partial charge in [0.2, 0.25) is 19.7 Å². The van der Waals surface area contributed by atoms with Crippen molar-refractivity contribution in [3.63, 3.8) is 0 Å². The second kappa shape index (κ2) is 8.22. The minimum absolute atomic E-state index is 0.0353. The van der Waals surface area contributed by atoms with E-state index in [4.69, 9.17) is 0 Å². The van der Waals surface area contributed by atoms with Crippen molar-refractivity contribution in [1.82, 2.24) is 0 Å². The number of sulfone groups is 2. The van der Waals surface area contributed by atoms with Crippen LogP contribution in [0.4, 0.5) is 0 Å². The van der Waals surface area contributed by atoms with Crippen molar-refractivity contribution >= 4 is 51.5 Å². The summed E-state index contributed by atoms with van der Waals surface area (Å²) in [5.74, 6) is -0.487. The van der Waals surface area contributed by atoms with Crippen molar-refractivity contribution < 1.29 is 21.9 Å². The molecule has 0 aliphatic heterocycles. The van der Waals surface area contributed by atoms with Crippen LogP contribution in [0.3, 0.4) is 0 Å². The predicted octanol–water partition coefficient (Wildman–Crippen LogP) is 5.15. The number of hydrogen-bond donors (Lipinski definition) is 1. The van der Waals surface area contributed by atoms with Crippen LogP contribution < -0.4 is 0 Å². The molecule has 1 N–H and O–H groups in total. The van der Waals surface area contributed by atoms with Gasteiger partial charge in [0.15, 0.2) is 0 Å². The molecule has 0 saturated carbocycles. The van der Waals surface area contributed by atoms with Crippen LogP contribution in [-0.2, 0) is 26.1 Å². The van der Waals surface area contributed by atoms with Gasteiger partial charge in [0, 0.05) is 8.95 Å². The summed E-state index contributed by atoms with van der Waals surface area (Å²) < 4.78 is 53.9. The van der Waals surface area contributed by atoms with E-state index in [1.807, 2.05) is 0 Å². The molecule has 29 heavy (non-hydrogen) atoms. The van der Waals surface area contributed by atoms with E-state index in [1.165, 1.54) is 30.3 Å². The molecule has 0 unspecified atom stereocenters. The summed E-state index contributed by atoms with van der Waals surface area (Å²) in [5.41, 5.74) is 0.333. The van der Waals surface area contributed by atoms with E-state index >= 15 is 0 Å². The number of hydrogen-bond acceptors (Lipinski definition) is 5. The summed E-state index contributed by atoms with van der Waals surface area (Å²) in [4.78, 5) is -0.608. The zero-order chi connectivity index (χ0) is 21.4. The molecule has 3 rings (SSSR count). The van der Waals surface area contributed by atoms with Crippen LogP contribution in [0.5, 0.6) is 5.75 Å². The Morgan fingerprint density at radius 3 is 1.55 bits per heavy atom. The van der Waals surface area contributed by atoms with E-state index in [-0.39, 0.29) is 14.7 Å². The Hall–Kier alpha value is -1.68. The lowest BCUT2D eigenvalue weighted by atomic mass is 10.1. The number of rotatable bonds is 5. The van der Waals surface area contributed by atoms with Gasteiger partial charge in [-0.3, -0.25) is 0 Å². The molecule has 0 spiro atoms. The van der Waals surface area contributed by atoms with Gasteiger partial charge in [0.05, 0.1) is 14.7 Å². The van der Waals surface area contributed by atoms with E-state index < -0.39 is 30.3 Å². The highest BCUT2D eigenvalue weighted by molar-refractivity contribution is 9.10. The first kappa shape index (κ1) is 22.0. The molecule has 0 radical (unpaired) electrons. The summed E-state index contributed by atoms with van der Waals surface area (Å²) in [6.45, 7) is 1.73. The van der Waals surface area contributed by atoms with Gasteiger partial charge in [-0.2, -0.15) is 0 Å². The van der Waals surface area contributed by atoms with Crippen LogP contribution in [0.15, 0.2) is 89.2 Å². The number of phenolic OH excluding ortho intramolecular Hbond substituents is 1. The molecule has 3 aromatic rings. The van der Waals surface area contributed by atoms with Crippen LogP contribution in [0.2, 0.25) is 0 Å². The Balaban J connectivity index is 2.24. The van der Waals surface area contributed by atoms with Crippen molar-refractivity contribution in [3.8, 4) is 5.75 Å². The maximum Gasteiger partial charge on any atom is 0.210 e. The van der Waals surface area contributed by atoms with Crippen LogP contribution in [0.1, 0.15) is 12.5 Å². The third-order valence-corrected chi connectivity index (χ3v) is 9.06. The van der Waals surface area contributed by atoms with Crippen molar-refractivity contribution in [3.05, 3.63) is 75.2 Å². The van der Waals surface area contributed by atoms with Crippen LogP contribution in [0.25, 0.3) is 0 Å². The van der Waals surface area contributed by atoms with Crippen molar-refractivity contribution in [2.45, 2.75) is 32.9 Å². The zero-order valence-electron chi connectivity index (χ0n) is 15.1. The Morgan fingerprint density at radius 1 is 0.724 bits per heavy atom. The van der Waals surface area contributed by atoms with Gasteiger partial charge in [-0.05, 0) is 72.6 Å². The molecule has 9 heteroatoms. The molecule has 5 nitrogen and oxygen atoms in total. The summed E-state index contributed by atoms with van der Waals surface area (Å²) in [6, 6.07) is 14.2. The smallest absolute Gasteiger partial charge is 0.210 e. The third kappa shape index (κ3) is 4.28. The number of aryl methyl sites for hydroxylation is 1. The molecule has 0 bridgehead atoms. The van der Waals surface area contributed by atoms with Crippen molar-refractivity contribution in [1.29, 1.82) is 0 Å². The fraction of sp³-hybridized carbons (Fsp3) is 0.100. The molecule has 0 fully saturated rings. The molecular weight excluding hydrogens is 544 g/mol. The van der Waals surface area contributed by atoms with Crippen LogP contribution in [-0.4, -0.2) is 21.9 Å². The van der Waals surface area contributed by atoms with Crippen molar-refractivity contribution in [2.75, 3.05) is 0 Å². The molecule has 0 aliphatic rings. The predicted molar refractivity (Wildman–Crippen MR) is 117 cm³/mol. The van der Waals surface area contributed by atoms with Crippen LogP contribution >= 0.6 is 31.9 Å². The van der Waals surface area contributed by atoms with E-state index in [2.05, 4.69) is 31.9 Å². The molecule has 0 atom stereocenters. The van der Waals surface area contributed by atoms with E-state index in [1.54, 1.807) is 31.2 Å². The monoisotopic (exact) mass is 558 g/mol. The quantitative estimate of drug-likeness (QED) is 0.467. The fourth-order valence-electron chi connectivity index (χ4n) is 2.82. The lowest BCUT2D eigenvalue weighted by Gasteiger charge is -2.14. The molecule has 0 aliphatic carbocycles. The summed E-state index contributed by atoms with van der Waals surface area (Å²) >= 11 is 6.51. The van der Waals surface area contributed by atoms with Crippen LogP contribution in [0, 0.1) is 0 Å². The topological polar surface area (TPSA) is 88.5 Å². The Kier molecular flexibility index (Phi) is 6.24. The Labute approximate surface area is 186 Å². The number of aromatic hydroxyl groups is 1. The molecular formula is C20H16Br2O5S2. The SMILES string of the molecule is CCc1cc(O)c(S(=O)(=O)c2ccc(Br)cc2)cc1S(=O)(=O)c1ccc(Br)cc1. The molecule has 0 aromatic heterocycles. The fourth-order valence-corrected chi connectivity index (χ4v) is 6.34.